The predicted octanol–water partition coefficient (Wildman–Crippen LogP) is 3.55. The number of carboxylic acids is 1. The van der Waals surface area contributed by atoms with Crippen LogP contribution in [-0.4, -0.2) is 20.9 Å². The van der Waals surface area contributed by atoms with Crippen LogP contribution < -0.4 is 0 Å². The van der Waals surface area contributed by atoms with E-state index in [0.29, 0.717) is 5.69 Å². The van der Waals surface area contributed by atoms with Crippen molar-refractivity contribution < 1.29 is 23.1 Å². The Morgan fingerprint density at radius 2 is 2.00 bits per heavy atom. The quantitative estimate of drug-likeness (QED) is 0.923. The standard InChI is InChI=1S/C12H8ClF3N2O2/c1-6-4-10(11(19)20)17-18(6)7-2-3-9(13)8(5-7)12(14,15)16/h2-5H,1H3,(H,19,20). The maximum absolute atomic E-state index is 12.8. The van der Waals surface area contributed by atoms with E-state index in [4.69, 9.17) is 16.7 Å². The molecule has 0 saturated carbocycles. The van der Waals surface area contributed by atoms with E-state index in [2.05, 4.69) is 5.10 Å². The molecule has 0 radical (unpaired) electrons. The highest BCUT2D eigenvalue weighted by molar-refractivity contribution is 6.31. The largest absolute Gasteiger partial charge is 0.476 e. The Balaban J connectivity index is 2.57. The minimum absolute atomic E-state index is 0.0896. The summed E-state index contributed by atoms with van der Waals surface area (Å²) in [7, 11) is 0. The SMILES string of the molecule is Cc1cc(C(=O)O)nn1-c1ccc(Cl)c(C(F)(F)F)c1. The van der Waals surface area contributed by atoms with E-state index in [0.717, 1.165) is 16.8 Å². The zero-order valence-corrected chi connectivity index (χ0v) is 10.8. The maximum atomic E-state index is 12.8. The van der Waals surface area contributed by atoms with Crippen molar-refractivity contribution in [3.63, 3.8) is 0 Å². The molecule has 20 heavy (non-hydrogen) atoms. The molecule has 0 unspecified atom stereocenters. The molecule has 1 aromatic carbocycles. The highest BCUT2D eigenvalue weighted by atomic mass is 35.5. The number of carbonyl (C=O) groups is 1. The van der Waals surface area contributed by atoms with E-state index in [1.807, 2.05) is 0 Å². The summed E-state index contributed by atoms with van der Waals surface area (Å²) in [5.74, 6) is -1.25. The number of hydrogen-bond donors (Lipinski definition) is 1. The van der Waals surface area contributed by atoms with Crippen molar-refractivity contribution in [1.29, 1.82) is 0 Å². The lowest BCUT2D eigenvalue weighted by Gasteiger charge is -2.11. The molecule has 4 nitrogen and oxygen atoms in total. The Hall–Kier alpha value is -2.02. The van der Waals surface area contributed by atoms with E-state index >= 15 is 0 Å². The number of carboxylic acid groups (broad SMARTS) is 1. The smallest absolute Gasteiger partial charge is 0.417 e. The second kappa shape index (κ2) is 4.82. The van der Waals surface area contributed by atoms with Gasteiger partial charge in [-0.2, -0.15) is 18.3 Å². The normalized spacial score (nSPS) is 11.7. The van der Waals surface area contributed by atoms with Crippen LogP contribution in [0.25, 0.3) is 5.69 Å². The summed E-state index contributed by atoms with van der Waals surface area (Å²) in [5.41, 5.74) is -0.751. The predicted molar refractivity (Wildman–Crippen MR) is 65.3 cm³/mol. The van der Waals surface area contributed by atoms with Gasteiger partial charge < -0.3 is 5.11 Å². The Morgan fingerprint density at radius 1 is 1.35 bits per heavy atom. The topological polar surface area (TPSA) is 55.1 Å². The molecule has 0 aliphatic rings. The molecule has 0 spiro atoms. The Labute approximate surface area is 116 Å². The molecule has 2 aromatic rings. The molecule has 0 aliphatic carbocycles. The third-order valence-electron chi connectivity index (χ3n) is 2.61. The number of aryl methyl sites for hydroxylation is 1. The Morgan fingerprint density at radius 3 is 2.50 bits per heavy atom. The summed E-state index contributed by atoms with van der Waals surface area (Å²) < 4.78 is 39.4. The van der Waals surface area contributed by atoms with Crippen molar-refractivity contribution in [3.05, 3.63) is 46.2 Å². The minimum Gasteiger partial charge on any atom is -0.476 e. The first kappa shape index (κ1) is 14.4. The second-order valence-electron chi connectivity index (χ2n) is 4.05. The number of alkyl halides is 3. The van der Waals surface area contributed by atoms with Gasteiger partial charge in [-0.15, -0.1) is 0 Å². The molecule has 0 fully saturated rings. The van der Waals surface area contributed by atoms with E-state index in [1.54, 1.807) is 6.92 Å². The first-order chi connectivity index (χ1) is 9.20. The molecule has 1 heterocycles. The van der Waals surface area contributed by atoms with Gasteiger partial charge in [0.2, 0.25) is 0 Å². The summed E-state index contributed by atoms with van der Waals surface area (Å²) in [4.78, 5) is 10.8. The van der Waals surface area contributed by atoms with E-state index in [1.165, 1.54) is 12.1 Å². The van der Waals surface area contributed by atoms with Crippen LogP contribution in [0.2, 0.25) is 5.02 Å². The van der Waals surface area contributed by atoms with Gasteiger partial charge in [-0.05, 0) is 31.2 Å². The summed E-state index contributed by atoms with van der Waals surface area (Å²) >= 11 is 5.52. The molecule has 106 valence electrons. The van der Waals surface area contributed by atoms with Gasteiger partial charge in [0.25, 0.3) is 0 Å². The molecule has 2 rings (SSSR count). The fourth-order valence-electron chi connectivity index (χ4n) is 1.70. The number of nitrogens with zero attached hydrogens (tertiary/aromatic N) is 2. The van der Waals surface area contributed by atoms with Crippen LogP contribution in [0.15, 0.2) is 24.3 Å². The molecule has 0 saturated heterocycles. The fourth-order valence-corrected chi connectivity index (χ4v) is 1.93. The van der Waals surface area contributed by atoms with Crippen LogP contribution >= 0.6 is 11.6 Å². The number of rotatable bonds is 2. The lowest BCUT2D eigenvalue weighted by atomic mass is 10.2. The van der Waals surface area contributed by atoms with Crippen molar-refractivity contribution in [2.24, 2.45) is 0 Å². The first-order valence-corrected chi connectivity index (χ1v) is 5.75. The van der Waals surface area contributed by atoms with Gasteiger partial charge in [-0.3, -0.25) is 0 Å². The third kappa shape index (κ3) is 2.62. The third-order valence-corrected chi connectivity index (χ3v) is 2.94. The molecular weight excluding hydrogens is 297 g/mol. The number of halogens is 4. The molecular formula is C12H8ClF3N2O2. The van der Waals surface area contributed by atoms with Crippen molar-refractivity contribution in [3.8, 4) is 5.69 Å². The summed E-state index contributed by atoms with van der Waals surface area (Å²) in [6.45, 7) is 1.54. The van der Waals surface area contributed by atoms with Crippen LogP contribution in [0.3, 0.4) is 0 Å². The van der Waals surface area contributed by atoms with Gasteiger partial charge >= 0.3 is 12.1 Å². The van der Waals surface area contributed by atoms with Gasteiger partial charge in [0.15, 0.2) is 5.69 Å². The number of hydrogen-bond acceptors (Lipinski definition) is 2. The van der Waals surface area contributed by atoms with Gasteiger partial charge in [-0.25, -0.2) is 9.48 Å². The number of aromatic nitrogens is 2. The average molecular weight is 305 g/mol. The zero-order chi connectivity index (χ0) is 15.1. The number of benzene rings is 1. The lowest BCUT2D eigenvalue weighted by Crippen LogP contribution is -2.08. The average Bonchev–Trinajstić information content (AvgIpc) is 2.71. The molecule has 0 atom stereocenters. The van der Waals surface area contributed by atoms with Crippen LogP contribution in [0.1, 0.15) is 21.7 Å². The van der Waals surface area contributed by atoms with Gasteiger partial charge in [0.1, 0.15) is 0 Å². The number of aromatic carboxylic acids is 1. The molecule has 1 N–H and O–H groups in total. The first-order valence-electron chi connectivity index (χ1n) is 5.37. The summed E-state index contributed by atoms with van der Waals surface area (Å²) in [6, 6.07) is 4.53. The highest BCUT2D eigenvalue weighted by Gasteiger charge is 2.33. The van der Waals surface area contributed by atoms with Gasteiger partial charge in [0.05, 0.1) is 16.3 Å². The lowest BCUT2D eigenvalue weighted by molar-refractivity contribution is -0.137. The molecule has 0 bridgehead atoms. The van der Waals surface area contributed by atoms with Crippen molar-refractivity contribution in [2.45, 2.75) is 13.1 Å². The molecule has 0 amide bonds. The monoisotopic (exact) mass is 304 g/mol. The van der Waals surface area contributed by atoms with Crippen LogP contribution in [0.4, 0.5) is 13.2 Å². The summed E-state index contributed by atoms with van der Waals surface area (Å²) in [5, 5.41) is 12.1. The van der Waals surface area contributed by atoms with Crippen LogP contribution in [-0.2, 0) is 6.18 Å². The second-order valence-corrected chi connectivity index (χ2v) is 4.46. The molecule has 0 aliphatic heterocycles. The minimum atomic E-state index is -4.59. The highest BCUT2D eigenvalue weighted by Crippen LogP contribution is 2.35. The Kier molecular flexibility index (Phi) is 3.47. The maximum Gasteiger partial charge on any atom is 0.417 e. The molecule has 8 heteroatoms. The summed E-state index contributed by atoms with van der Waals surface area (Å²) in [6.07, 6.45) is -4.59. The van der Waals surface area contributed by atoms with Gasteiger partial charge in [-0.1, -0.05) is 11.6 Å². The van der Waals surface area contributed by atoms with Crippen LogP contribution in [0.5, 0.6) is 0 Å². The van der Waals surface area contributed by atoms with Crippen molar-refractivity contribution in [2.75, 3.05) is 0 Å². The van der Waals surface area contributed by atoms with Crippen LogP contribution in [0, 0.1) is 6.92 Å². The fraction of sp³-hybridized carbons (Fsp3) is 0.167. The van der Waals surface area contributed by atoms with Crippen molar-refractivity contribution in [1.82, 2.24) is 9.78 Å². The van der Waals surface area contributed by atoms with Crippen molar-refractivity contribution >= 4 is 17.6 Å². The van der Waals surface area contributed by atoms with E-state index < -0.39 is 22.7 Å². The zero-order valence-electron chi connectivity index (χ0n) is 10.1. The Bertz CT molecular complexity index is 680. The van der Waals surface area contributed by atoms with E-state index in [9.17, 15) is 18.0 Å². The molecule has 1 aromatic heterocycles. The van der Waals surface area contributed by atoms with E-state index in [-0.39, 0.29) is 11.4 Å². The van der Waals surface area contributed by atoms with Gasteiger partial charge in [0, 0.05) is 5.69 Å².